The van der Waals surface area contributed by atoms with Gasteiger partial charge in [0.25, 0.3) is 5.56 Å². The monoisotopic (exact) mass is 556 g/mol. The number of ether oxygens (including phenoxy) is 1. The van der Waals surface area contributed by atoms with Gasteiger partial charge in [-0.2, -0.15) is 0 Å². The van der Waals surface area contributed by atoms with E-state index in [4.69, 9.17) is 4.74 Å². The number of aliphatic hydroxyl groups excluding tert-OH is 1. The maximum atomic E-state index is 14.1. The molecule has 3 aromatic carbocycles. The topological polar surface area (TPSA) is 176 Å². The molecule has 0 aliphatic carbocycles. The lowest BCUT2D eigenvalue weighted by Gasteiger charge is -2.39. The lowest BCUT2D eigenvalue weighted by molar-refractivity contribution is -0.108. The number of nitrogens with one attached hydrogen (secondary N) is 1. The fraction of sp³-hybridized carbons (Fsp3) is 0.167. The van der Waals surface area contributed by atoms with Crippen LogP contribution in [0.1, 0.15) is 37.3 Å². The summed E-state index contributed by atoms with van der Waals surface area (Å²) >= 11 is 0. The highest BCUT2D eigenvalue weighted by molar-refractivity contribution is 6.14. The van der Waals surface area contributed by atoms with E-state index in [0.717, 1.165) is 12.3 Å². The Labute approximate surface area is 231 Å². The Hall–Kier alpha value is -4.81. The summed E-state index contributed by atoms with van der Waals surface area (Å²) in [6.45, 7) is 0. The van der Waals surface area contributed by atoms with Crippen LogP contribution in [-0.4, -0.2) is 65.6 Å². The molecule has 1 aromatic heterocycles. The lowest BCUT2D eigenvalue weighted by Crippen LogP contribution is -2.69. The first-order chi connectivity index (χ1) is 19.6. The highest BCUT2D eigenvalue weighted by Gasteiger charge is 2.75. The molecule has 1 unspecified atom stereocenters. The van der Waals surface area contributed by atoms with Crippen molar-refractivity contribution in [1.82, 2.24) is 9.55 Å². The minimum Gasteiger partial charge on any atom is -0.382 e. The molecule has 5 atom stereocenters. The molecule has 1 saturated heterocycles. The maximum Gasteiger partial charge on any atom is 0.330 e. The van der Waals surface area contributed by atoms with Gasteiger partial charge in [0.05, 0.1) is 0 Å². The van der Waals surface area contributed by atoms with Gasteiger partial charge >= 0.3 is 5.69 Å². The molecule has 0 spiro atoms. The van der Waals surface area contributed by atoms with Crippen molar-refractivity contribution in [3.63, 3.8) is 0 Å². The second-order valence-electron chi connectivity index (χ2n) is 9.52. The van der Waals surface area contributed by atoms with Gasteiger partial charge in [0.2, 0.25) is 17.2 Å². The van der Waals surface area contributed by atoms with Crippen LogP contribution in [0.3, 0.4) is 0 Å². The highest BCUT2D eigenvalue weighted by atomic mass is 16.6. The first-order valence-corrected chi connectivity index (χ1v) is 12.5. The summed E-state index contributed by atoms with van der Waals surface area (Å²) in [6, 6.07) is 22.6. The van der Waals surface area contributed by atoms with Crippen molar-refractivity contribution in [2.24, 2.45) is 0 Å². The van der Waals surface area contributed by atoms with E-state index in [1.807, 2.05) is 4.98 Å². The summed E-state index contributed by atoms with van der Waals surface area (Å²) in [5, 5.41) is 36.0. The number of Topliss-reactive ketones (excluding diaryl/α,β-unsaturated/α-hetero) is 3. The van der Waals surface area contributed by atoms with Crippen LogP contribution in [0.15, 0.2) is 113 Å². The molecule has 208 valence electrons. The number of carbonyl (C=O) groups is 3. The van der Waals surface area contributed by atoms with Crippen molar-refractivity contribution in [3.8, 4) is 0 Å². The fourth-order valence-corrected chi connectivity index (χ4v) is 5.04. The Kier molecular flexibility index (Phi) is 7.20. The van der Waals surface area contributed by atoms with Gasteiger partial charge in [-0.25, -0.2) is 4.79 Å². The first-order valence-electron chi connectivity index (χ1n) is 12.5. The largest absolute Gasteiger partial charge is 0.382 e. The van der Waals surface area contributed by atoms with Crippen LogP contribution < -0.4 is 11.2 Å². The number of carbonyl (C=O) groups excluding carboxylic acids is 3. The summed E-state index contributed by atoms with van der Waals surface area (Å²) in [4.78, 5) is 68.2. The van der Waals surface area contributed by atoms with E-state index in [2.05, 4.69) is 0 Å². The van der Waals surface area contributed by atoms with Gasteiger partial charge in [-0.1, -0.05) is 91.0 Å². The summed E-state index contributed by atoms with van der Waals surface area (Å²) in [6.07, 6.45) is -5.84. The number of aromatic nitrogens is 2. The third-order valence-corrected chi connectivity index (χ3v) is 7.11. The third-order valence-electron chi connectivity index (χ3n) is 7.11. The van der Waals surface area contributed by atoms with Crippen LogP contribution in [0.5, 0.6) is 0 Å². The van der Waals surface area contributed by atoms with Crippen LogP contribution >= 0.6 is 0 Å². The molecular weight excluding hydrogens is 532 g/mol. The number of aromatic amines is 1. The van der Waals surface area contributed by atoms with Crippen molar-refractivity contribution in [3.05, 3.63) is 141 Å². The van der Waals surface area contributed by atoms with Gasteiger partial charge in [0.1, 0.15) is 12.2 Å². The van der Waals surface area contributed by atoms with Crippen molar-refractivity contribution in [2.75, 3.05) is 0 Å². The molecule has 2 heterocycles. The number of rotatable bonds is 8. The minimum absolute atomic E-state index is 0.0132. The van der Waals surface area contributed by atoms with E-state index in [0.29, 0.717) is 4.57 Å². The van der Waals surface area contributed by atoms with Crippen molar-refractivity contribution in [2.45, 2.75) is 29.6 Å². The number of hydrogen-bond donors (Lipinski definition) is 4. The SMILES string of the molecule is O=C(c1ccccc1)C(O)[C@H]1O[C@@H](n2ccc(=O)[nH]c2=O)[C@@](O)(C(=O)c2ccccc2)[C@]1(O)C(=O)c1ccccc1. The zero-order valence-electron chi connectivity index (χ0n) is 21.3. The van der Waals surface area contributed by atoms with Gasteiger partial charge in [0.15, 0.2) is 17.6 Å². The lowest BCUT2D eigenvalue weighted by atomic mass is 9.69. The van der Waals surface area contributed by atoms with Crippen molar-refractivity contribution < 1.29 is 34.4 Å². The molecule has 0 saturated carbocycles. The number of benzene rings is 3. The molecule has 11 nitrogen and oxygen atoms in total. The van der Waals surface area contributed by atoms with Crippen molar-refractivity contribution >= 4 is 17.3 Å². The quantitative estimate of drug-likeness (QED) is 0.230. The van der Waals surface area contributed by atoms with E-state index in [1.54, 1.807) is 18.2 Å². The Morgan fingerprint density at radius 3 is 1.68 bits per heavy atom. The summed E-state index contributed by atoms with van der Waals surface area (Å²) in [5.41, 5.74) is -8.96. The van der Waals surface area contributed by atoms with Crippen LogP contribution in [0.4, 0.5) is 0 Å². The Morgan fingerprint density at radius 1 is 0.732 bits per heavy atom. The molecule has 1 fully saturated rings. The predicted octanol–water partition coefficient (Wildman–Crippen LogP) is 0.906. The molecule has 1 aliphatic heterocycles. The van der Waals surface area contributed by atoms with Crippen LogP contribution in [0.2, 0.25) is 0 Å². The molecular formula is C30H24N2O9. The second-order valence-corrected chi connectivity index (χ2v) is 9.52. The van der Waals surface area contributed by atoms with E-state index in [-0.39, 0.29) is 16.7 Å². The Balaban J connectivity index is 1.78. The van der Waals surface area contributed by atoms with Crippen LogP contribution in [0, 0.1) is 0 Å². The molecule has 41 heavy (non-hydrogen) atoms. The smallest absolute Gasteiger partial charge is 0.330 e. The van der Waals surface area contributed by atoms with Crippen LogP contribution in [-0.2, 0) is 4.74 Å². The van der Waals surface area contributed by atoms with Gasteiger partial charge in [0, 0.05) is 29.0 Å². The number of nitrogens with zero attached hydrogens (tertiary/aromatic N) is 1. The molecule has 1 aliphatic rings. The summed E-state index contributed by atoms with van der Waals surface area (Å²) < 4.78 is 6.42. The number of hydrogen-bond acceptors (Lipinski definition) is 9. The average Bonchev–Trinajstić information content (AvgIpc) is 3.25. The van der Waals surface area contributed by atoms with E-state index < -0.39 is 58.2 Å². The number of H-pyrrole nitrogens is 1. The van der Waals surface area contributed by atoms with E-state index >= 15 is 0 Å². The van der Waals surface area contributed by atoms with Crippen molar-refractivity contribution in [1.29, 1.82) is 0 Å². The standard InChI is InChI=1S/C30H24N2O9/c33-21-16-17-32(28(38)31-21)27-30(40,25(37)20-14-8-3-9-15-20)29(39,24(36)19-12-6-2-7-13-19)26(41-27)23(35)22(34)18-10-4-1-5-11-18/h1-17,23,26-27,35,39-40H,(H,31,33,38)/t23?,26-,27-,29+,30+/m1/s1. The third kappa shape index (κ3) is 4.46. The normalized spacial score (nSPS) is 24.5. The average molecular weight is 557 g/mol. The molecule has 11 heteroatoms. The fourth-order valence-electron chi connectivity index (χ4n) is 5.04. The first kappa shape index (κ1) is 27.7. The second kappa shape index (κ2) is 10.6. The van der Waals surface area contributed by atoms with Gasteiger partial charge < -0.3 is 20.1 Å². The number of aliphatic hydroxyl groups is 3. The van der Waals surface area contributed by atoms with Gasteiger partial charge in [-0.3, -0.25) is 28.7 Å². The van der Waals surface area contributed by atoms with Gasteiger partial charge in [-0.15, -0.1) is 0 Å². The molecule has 0 amide bonds. The molecule has 0 radical (unpaired) electrons. The van der Waals surface area contributed by atoms with Gasteiger partial charge in [-0.05, 0) is 0 Å². The Bertz CT molecular complexity index is 1720. The van der Waals surface area contributed by atoms with E-state index in [1.165, 1.54) is 72.8 Å². The Morgan fingerprint density at radius 2 is 1.20 bits per heavy atom. The zero-order chi connectivity index (χ0) is 29.4. The summed E-state index contributed by atoms with van der Waals surface area (Å²) in [5.74, 6) is -3.48. The molecule has 4 aromatic rings. The maximum absolute atomic E-state index is 14.1. The number of ketones is 3. The molecule has 4 N–H and O–H groups in total. The predicted molar refractivity (Wildman–Crippen MR) is 143 cm³/mol. The summed E-state index contributed by atoms with van der Waals surface area (Å²) in [7, 11) is 0. The van der Waals surface area contributed by atoms with E-state index in [9.17, 15) is 39.3 Å². The zero-order valence-corrected chi connectivity index (χ0v) is 21.3. The highest BCUT2D eigenvalue weighted by Crippen LogP contribution is 2.50. The molecule has 0 bridgehead atoms. The van der Waals surface area contributed by atoms with Crippen LogP contribution in [0.25, 0.3) is 0 Å². The molecule has 5 rings (SSSR count). The minimum atomic E-state index is -3.33.